The Morgan fingerprint density at radius 1 is 1.18 bits per heavy atom. The third-order valence-electron chi connectivity index (χ3n) is 3.53. The van der Waals surface area contributed by atoms with Gasteiger partial charge in [0.15, 0.2) is 0 Å². The molecule has 0 atom stereocenters. The predicted octanol–water partition coefficient (Wildman–Crippen LogP) is 2.70. The lowest BCUT2D eigenvalue weighted by molar-refractivity contribution is -0.0400. The summed E-state index contributed by atoms with van der Waals surface area (Å²) in [6, 6.07) is 8.27. The summed E-state index contributed by atoms with van der Waals surface area (Å²) in [5.74, 6) is 0. The fourth-order valence-electron chi connectivity index (χ4n) is 2.47. The number of nitrogens with one attached hydrogen (secondary N) is 1. The summed E-state index contributed by atoms with van der Waals surface area (Å²) in [4.78, 5) is 5.71. The molecule has 4 heteroatoms. The monoisotopic (exact) mass is 294 g/mol. The molecule has 0 unspecified atom stereocenters. The Kier molecular flexibility index (Phi) is 2.92. The molecule has 17 heavy (non-hydrogen) atoms. The van der Waals surface area contributed by atoms with E-state index in [1.807, 2.05) is 12.1 Å². The predicted molar refractivity (Wildman–Crippen MR) is 71.2 cm³/mol. The van der Waals surface area contributed by atoms with E-state index < -0.39 is 0 Å². The van der Waals surface area contributed by atoms with E-state index in [0.29, 0.717) is 0 Å². The molecular weight excluding hydrogens is 280 g/mol. The fraction of sp³-hybridized carbons (Fsp3) is 0.462. The minimum atomic E-state index is -0.0341. The number of rotatable bonds is 1. The molecule has 0 aromatic heterocycles. The van der Waals surface area contributed by atoms with E-state index in [2.05, 4.69) is 38.5 Å². The molecule has 0 amide bonds. The quantitative estimate of drug-likeness (QED) is 0.864. The van der Waals surface area contributed by atoms with Crippen LogP contribution in [0.2, 0.25) is 0 Å². The second-order valence-corrected chi connectivity index (χ2v) is 5.66. The van der Waals surface area contributed by atoms with Crippen molar-refractivity contribution in [3.63, 3.8) is 0 Å². The molecule has 0 aliphatic carbocycles. The number of hydrogen-bond donors (Lipinski definition) is 1. The van der Waals surface area contributed by atoms with Crippen LogP contribution >= 0.6 is 15.9 Å². The number of benzene rings is 1. The van der Waals surface area contributed by atoms with Crippen LogP contribution in [-0.2, 0) is 4.84 Å². The Hall–Kier alpha value is -0.870. The van der Waals surface area contributed by atoms with Crippen LogP contribution in [0, 0.1) is 0 Å². The maximum Gasteiger partial charge on any atom is 0.145 e. The molecule has 3 nitrogen and oxygen atoms in total. The van der Waals surface area contributed by atoms with Gasteiger partial charge in [-0.05, 0) is 30.8 Å². The van der Waals surface area contributed by atoms with E-state index in [9.17, 15) is 0 Å². The van der Waals surface area contributed by atoms with Gasteiger partial charge in [0.2, 0.25) is 0 Å². The fourth-order valence-corrected chi connectivity index (χ4v) is 2.73. The van der Waals surface area contributed by atoms with Crippen LogP contribution in [0.1, 0.15) is 24.8 Å². The zero-order valence-electron chi connectivity index (χ0n) is 9.58. The molecule has 1 fully saturated rings. The summed E-state index contributed by atoms with van der Waals surface area (Å²) in [6.45, 7) is 2.06. The maximum absolute atomic E-state index is 5.71. The first-order valence-electron chi connectivity index (χ1n) is 5.99. The maximum atomic E-state index is 5.71. The molecule has 1 spiro atoms. The highest BCUT2D eigenvalue weighted by Crippen LogP contribution is 2.34. The van der Waals surface area contributed by atoms with Gasteiger partial charge in [0, 0.05) is 23.7 Å². The first-order chi connectivity index (χ1) is 8.27. The van der Waals surface area contributed by atoms with Crippen LogP contribution in [0.25, 0.3) is 0 Å². The molecule has 1 N–H and O–H groups in total. The first kappa shape index (κ1) is 11.2. The molecule has 1 aromatic rings. The van der Waals surface area contributed by atoms with E-state index in [-0.39, 0.29) is 5.60 Å². The van der Waals surface area contributed by atoms with Gasteiger partial charge in [-0.15, -0.1) is 0 Å². The second kappa shape index (κ2) is 4.42. The number of nitrogens with zero attached hydrogens (tertiary/aromatic N) is 1. The van der Waals surface area contributed by atoms with Gasteiger partial charge in [-0.25, -0.2) is 0 Å². The number of piperidine rings is 1. The lowest BCUT2D eigenvalue weighted by atomic mass is 9.86. The standard InChI is InChI=1S/C13H15BrN2O/c14-11-3-1-10(2-4-11)12-9-13(17-16-12)5-7-15-8-6-13/h1-4,15H,5-9H2. The van der Waals surface area contributed by atoms with Crippen molar-refractivity contribution in [3.8, 4) is 0 Å². The van der Waals surface area contributed by atoms with Crippen LogP contribution < -0.4 is 5.32 Å². The summed E-state index contributed by atoms with van der Waals surface area (Å²) in [7, 11) is 0. The molecule has 90 valence electrons. The summed E-state index contributed by atoms with van der Waals surface area (Å²) in [5, 5.41) is 7.65. The Labute approximate surface area is 109 Å². The number of oxime groups is 1. The van der Waals surface area contributed by atoms with Crippen molar-refractivity contribution in [3.05, 3.63) is 34.3 Å². The summed E-state index contributed by atoms with van der Waals surface area (Å²) >= 11 is 3.44. The second-order valence-electron chi connectivity index (χ2n) is 4.75. The first-order valence-corrected chi connectivity index (χ1v) is 6.78. The molecule has 1 aromatic carbocycles. The van der Waals surface area contributed by atoms with E-state index in [4.69, 9.17) is 4.84 Å². The average molecular weight is 295 g/mol. The van der Waals surface area contributed by atoms with E-state index in [1.54, 1.807) is 0 Å². The highest BCUT2D eigenvalue weighted by atomic mass is 79.9. The largest absolute Gasteiger partial charge is 0.388 e. The van der Waals surface area contributed by atoms with Crippen molar-refractivity contribution in [2.45, 2.75) is 24.9 Å². The molecule has 0 bridgehead atoms. The summed E-state index contributed by atoms with van der Waals surface area (Å²) in [6.07, 6.45) is 3.05. The molecule has 2 heterocycles. The van der Waals surface area contributed by atoms with Gasteiger partial charge in [0.1, 0.15) is 5.60 Å². The Morgan fingerprint density at radius 3 is 2.59 bits per heavy atom. The average Bonchev–Trinajstić information content (AvgIpc) is 2.75. The number of halogens is 1. The Balaban J connectivity index is 1.76. The Morgan fingerprint density at radius 2 is 1.88 bits per heavy atom. The van der Waals surface area contributed by atoms with Gasteiger partial charge < -0.3 is 10.2 Å². The third-order valence-corrected chi connectivity index (χ3v) is 4.06. The van der Waals surface area contributed by atoms with Crippen LogP contribution in [0.3, 0.4) is 0 Å². The zero-order valence-corrected chi connectivity index (χ0v) is 11.2. The lowest BCUT2D eigenvalue weighted by Crippen LogP contribution is -2.42. The van der Waals surface area contributed by atoms with Gasteiger partial charge in [-0.1, -0.05) is 33.2 Å². The van der Waals surface area contributed by atoms with Crippen LogP contribution in [-0.4, -0.2) is 24.4 Å². The SMILES string of the molecule is Brc1ccc(C2=NOC3(CCNCC3)C2)cc1. The van der Waals surface area contributed by atoms with E-state index in [0.717, 1.165) is 42.5 Å². The highest BCUT2D eigenvalue weighted by Gasteiger charge is 2.40. The molecular formula is C13H15BrN2O. The zero-order chi connectivity index (χ0) is 11.7. The van der Waals surface area contributed by atoms with Crippen LogP contribution in [0.15, 0.2) is 33.9 Å². The van der Waals surface area contributed by atoms with Crippen molar-refractivity contribution in [1.29, 1.82) is 0 Å². The molecule has 3 rings (SSSR count). The summed E-state index contributed by atoms with van der Waals surface area (Å²) < 4.78 is 1.09. The molecule has 0 saturated carbocycles. The van der Waals surface area contributed by atoms with E-state index >= 15 is 0 Å². The van der Waals surface area contributed by atoms with Gasteiger partial charge in [-0.2, -0.15) is 0 Å². The highest BCUT2D eigenvalue weighted by molar-refractivity contribution is 9.10. The molecule has 1 saturated heterocycles. The van der Waals surface area contributed by atoms with Crippen molar-refractivity contribution in [2.75, 3.05) is 13.1 Å². The normalized spacial score (nSPS) is 22.3. The minimum absolute atomic E-state index is 0.0341. The number of hydrogen-bond acceptors (Lipinski definition) is 3. The van der Waals surface area contributed by atoms with Crippen molar-refractivity contribution < 1.29 is 4.84 Å². The van der Waals surface area contributed by atoms with Crippen LogP contribution in [0.5, 0.6) is 0 Å². The van der Waals surface area contributed by atoms with Gasteiger partial charge in [-0.3, -0.25) is 0 Å². The van der Waals surface area contributed by atoms with Crippen molar-refractivity contribution >= 4 is 21.6 Å². The van der Waals surface area contributed by atoms with Crippen molar-refractivity contribution in [2.24, 2.45) is 5.16 Å². The van der Waals surface area contributed by atoms with Gasteiger partial charge in [0.25, 0.3) is 0 Å². The molecule has 0 radical (unpaired) electrons. The van der Waals surface area contributed by atoms with Gasteiger partial charge in [0.05, 0.1) is 5.71 Å². The third kappa shape index (κ3) is 2.24. The van der Waals surface area contributed by atoms with Crippen molar-refractivity contribution in [1.82, 2.24) is 5.32 Å². The molecule has 2 aliphatic rings. The van der Waals surface area contributed by atoms with Crippen LogP contribution in [0.4, 0.5) is 0 Å². The molecule has 2 aliphatic heterocycles. The topological polar surface area (TPSA) is 33.6 Å². The smallest absolute Gasteiger partial charge is 0.145 e. The van der Waals surface area contributed by atoms with Gasteiger partial charge >= 0.3 is 0 Å². The Bertz CT molecular complexity index is 435. The lowest BCUT2D eigenvalue weighted by Gasteiger charge is -2.30. The summed E-state index contributed by atoms with van der Waals surface area (Å²) in [5.41, 5.74) is 2.22. The van der Waals surface area contributed by atoms with E-state index in [1.165, 1.54) is 5.56 Å². The minimum Gasteiger partial charge on any atom is -0.388 e.